The van der Waals surface area contributed by atoms with Gasteiger partial charge in [-0.1, -0.05) is 43.3 Å². The molecule has 0 saturated heterocycles. The number of rotatable bonds is 7. The molecule has 0 saturated carbocycles. The number of hydrogen-bond donors (Lipinski definition) is 2. The molecule has 1 aromatic carbocycles. The maximum atomic E-state index is 12.9. The van der Waals surface area contributed by atoms with E-state index in [1.165, 1.54) is 6.20 Å². The van der Waals surface area contributed by atoms with E-state index in [9.17, 15) is 19.4 Å². The molecule has 2 rings (SSSR count). The number of pyridine rings is 1. The van der Waals surface area contributed by atoms with Crippen LogP contribution < -0.4 is 0 Å². The van der Waals surface area contributed by atoms with Crippen molar-refractivity contribution in [2.24, 2.45) is 0 Å². The van der Waals surface area contributed by atoms with Gasteiger partial charge in [0.2, 0.25) is 7.37 Å². The van der Waals surface area contributed by atoms with Crippen LogP contribution in [0.4, 0.5) is 0 Å². The van der Waals surface area contributed by atoms with Crippen molar-refractivity contribution in [2.75, 3.05) is 6.16 Å². The summed E-state index contributed by atoms with van der Waals surface area (Å²) in [5.74, 6) is -2.21. The van der Waals surface area contributed by atoms with Crippen LogP contribution in [-0.4, -0.2) is 27.1 Å². The SMILES string of the molecule is CCCP(=O)(O)C(c1cccnc1)C(C(=O)O)c1ccccc1. The van der Waals surface area contributed by atoms with E-state index in [0.29, 0.717) is 17.5 Å². The largest absolute Gasteiger partial charge is 0.481 e. The van der Waals surface area contributed by atoms with E-state index >= 15 is 0 Å². The molecule has 0 aliphatic heterocycles. The van der Waals surface area contributed by atoms with Gasteiger partial charge >= 0.3 is 5.97 Å². The topological polar surface area (TPSA) is 87.5 Å². The molecule has 6 heteroatoms. The molecule has 1 aromatic heterocycles. The first-order valence-electron chi connectivity index (χ1n) is 7.46. The summed E-state index contributed by atoms with van der Waals surface area (Å²) >= 11 is 0. The fraction of sp³-hybridized carbons (Fsp3) is 0.294. The average molecular weight is 333 g/mol. The number of hydrogen-bond acceptors (Lipinski definition) is 3. The lowest BCUT2D eigenvalue weighted by molar-refractivity contribution is -0.139. The molecule has 0 fully saturated rings. The Balaban J connectivity index is 2.59. The molecule has 0 spiro atoms. The van der Waals surface area contributed by atoms with E-state index in [2.05, 4.69) is 4.98 Å². The molecule has 0 aliphatic rings. The Morgan fingerprint density at radius 3 is 2.35 bits per heavy atom. The fourth-order valence-corrected chi connectivity index (χ4v) is 5.09. The highest BCUT2D eigenvalue weighted by Crippen LogP contribution is 2.61. The van der Waals surface area contributed by atoms with E-state index < -0.39 is 24.9 Å². The van der Waals surface area contributed by atoms with Gasteiger partial charge in [0.15, 0.2) is 0 Å². The summed E-state index contributed by atoms with van der Waals surface area (Å²) in [5.41, 5.74) is -0.0293. The Hall–Kier alpha value is -1.97. The highest BCUT2D eigenvalue weighted by molar-refractivity contribution is 7.58. The Labute approximate surface area is 135 Å². The molecule has 5 nitrogen and oxygen atoms in total. The molecule has 0 radical (unpaired) electrons. The highest BCUT2D eigenvalue weighted by atomic mass is 31.2. The van der Waals surface area contributed by atoms with E-state index in [1.807, 2.05) is 6.92 Å². The van der Waals surface area contributed by atoms with Crippen LogP contribution in [0.1, 0.15) is 36.0 Å². The summed E-state index contributed by atoms with van der Waals surface area (Å²) in [6.45, 7) is 1.81. The summed E-state index contributed by atoms with van der Waals surface area (Å²) in [6, 6.07) is 11.9. The zero-order valence-corrected chi connectivity index (χ0v) is 13.8. The smallest absolute Gasteiger partial charge is 0.312 e. The molecular formula is C17H20NO4P. The lowest BCUT2D eigenvalue weighted by atomic mass is 9.92. The number of carboxylic acid groups (broad SMARTS) is 1. The van der Waals surface area contributed by atoms with E-state index in [-0.39, 0.29) is 6.16 Å². The van der Waals surface area contributed by atoms with E-state index in [4.69, 9.17) is 0 Å². The third-order valence-electron chi connectivity index (χ3n) is 3.75. The van der Waals surface area contributed by atoms with Crippen molar-refractivity contribution in [2.45, 2.75) is 24.9 Å². The zero-order valence-electron chi connectivity index (χ0n) is 12.9. The second kappa shape index (κ2) is 7.53. The van der Waals surface area contributed by atoms with Gasteiger partial charge in [-0.15, -0.1) is 0 Å². The van der Waals surface area contributed by atoms with Crippen molar-refractivity contribution in [1.29, 1.82) is 0 Å². The zero-order chi connectivity index (χ0) is 16.9. The summed E-state index contributed by atoms with van der Waals surface area (Å²) in [6.07, 6.45) is 3.61. The number of carboxylic acids is 1. The third kappa shape index (κ3) is 4.06. The summed E-state index contributed by atoms with van der Waals surface area (Å²) in [4.78, 5) is 26.5. The average Bonchev–Trinajstić information content (AvgIpc) is 2.53. The van der Waals surface area contributed by atoms with Gasteiger partial charge in [-0.2, -0.15) is 0 Å². The van der Waals surface area contributed by atoms with Crippen LogP contribution in [0.15, 0.2) is 54.9 Å². The number of carbonyl (C=O) groups is 1. The van der Waals surface area contributed by atoms with Gasteiger partial charge in [-0.25, -0.2) is 0 Å². The standard InChI is InChI=1S/C17H20NO4P/c1-2-11-23(21,22)16(14-9-6-10-18-12-14)15(17(19)20)13-7-4-3-5-8-13/h3-10,12,15-16H,2,11H2,1H3,(H,19,20)(H,21,22). The molecule has 2 N–H and O–H groups in total. The minimum atomic E-state index is -3.72. The maximum Gasteiger partial charge on any atom is 0.312 e. The highest BCUT2D eigenvalue weighted by Gasteiger charge is 2.42. The van der Waals surface area contributed by atoms with Gasteiger partial charge in [0.05, 0.1) is 11.6 Å². The minimum absolute atomic E-state index is 0.0726. The van der Waals surface area contributed by atoms with Crippen molar-refractivity contribution >= 4 is 13.3 Å². The summed E-state index contributed by atoms with van der Waals surface area (Å²) < 4.78 is 12.9. The number of aromatic nitrogens is 1. The Morgan fingerprint density at radius 1 is 1.17 bits per heavy atom. The monoisotopic (exact) mass is 333 g/mol. The predicted octanol–water partition coefficient (Wildman–Crippen LogP) is 3.67. The molecule has 0 amide bonds. The molecule has 2 aromatic rings. The number of nitrogens with zero attached hydrogens (tertiary/aromatic N) is 1. The lowest BCUT2D eigenvalue weighted by Crippen LogP contribution is -2.21. The third-order valence-corrected chi connectivity index (χ3v) is 6.30. The normalized spacial score (nSPS) is 16.3. The van der Waals surface area contributed by atoms with Crippen LogP contribution in [0.3, 0.4) is 0 Å². The molecule has 3 atom stereocenters. The molecule has 3 unspecified atom stereocenters. The van der Waals surface area contributed by atoms with Crippen molar-refractivity contribution in [3.8, 4) is 0 Å². The van der Waals surface area contributed by atoms with Crippen LogP contribution >= 0.6 is 7.37 Å². The molecular weight excluding hydrogens is 313 g/mol. The van der Waals surface area contributed by atoms with Crippen LogP contribution in [0.5, 0.6) is 0 Å². The van der Waals surface area contributed by atoms with Gasteiger partial charge in [0.1, 0.15) is 0 Å². The quantitative estimate of drug-likeness (QED) is 0.755. The Morgan fingerprint density at radius 2 is 1.83 bits per heavy atom. The van der Waals surface area contributed by atoms with Crippen LogP contribution in [0.2, 0.25) is 0 Å². The van der Waals surface area contributed by atoms with Crippen molar-refractivity contribution in [3.63, 3.8) is 0 Å². The molecule has 1 heterocycles. The molecule has 23 heavy (non-hydrogen) atoms. The first-order chi connectivity index (χ1) is 11.0. The van der Waals surface area contributed by atoms with Crippen LogP contribution in [0.25, 0.3) is 0 Å². The maximum absolute atomic E-state index is 12.9. The van der Waals surface area contributed by atoms with Gasteiger partial charge in [-0.3, -0.25) is 14.3 Å². The second-order valence-electron chi connectivity index (χ2n) is 5.44. The first kappa shape index (κ1) is 17.4. The number of benzene rings is 1. The second-order valence-corrected chi connectivity index (χ2v) is 7.95. The van der Waals surface area contributed by atoms with Crippen molar-refractivity contribution in [1.82, 2.24) is 4.98 Å². The van der Waals surface area contributed by atoms with Crippen molar-refractivity contribution in [3.05, 3.63) is 66.0 Å². The first-order valence-corrected chi connectivity index (χ1v) is 9.38. The van der Waals surface area contributed by atoms with Crippen LogP contribution in [-0.2, 0) is 9.36 Å². The summed E-state index contributed by atoms with van der Waals surface area (Å²) in [5, 5.41) is 9.74. The fourth-order valence-electron chi connectivity index (χ4n) is 2.79. The molecule has 122 valence electrons. The van der Waals surface area contributed by atoms with Crippen molar-refractivity contribution < 1.29 is 19.4 Å². The van der Waals surface area contributed by atoms with Gasteiger partial charge in [0, 0.05) is 18.6 Å². The van der Waals surface area contributed by atoms with E-state index in [1.54, 1.807) is 48.7 Å². The Bertz CT molecular complexity index is 690. The molecule has 0 bridgehead atoms. The molecule has 0 aliphatic carbocycles. The van der Waals surface area contributed by atoms with Gasteiger partial charge in [-0.05, 0) is 23.6 Å². The van der Waals surface area contributed by atoms with E-state index in [0.717, 1.165) is 0 Å². The number of aliphatic carboxylic acids is 1. The predicted molar refractivity (Wildman–Crippen MR) is 88.8 cm³/mol. The van der Waals surface area contributed by atoms with Gasteiger partial charge in [0.25, 0.3) is 0 Å². The Kier molecular flexibility index (Phi) is 5.69. The van der Waals surface area contributed by atoms with Crippen LogP contribution in [0, 0.1) is 0 Å². The lowest BCUT2D eigenvalue weighted by Gasteiger charge is -2.28. The minimum Gasteiger partial charge on any atom is -0.481 e. The van der Waals surface area contributed by atoms with Gasteiger partial charge < -0.3 is 10.00 Å². The summed E-state index contributed by atoms with van der Waals surface area (Å²) in [7, 11) is -3.72.